The van der Waals surface area contributed by atoms with E-state index in [1.165, 1.54) is 5.56 Å². The van der Waals surface area contributed by atoms with Crippen LogP contribution in [-0.2, 0) is 11.3 Å². The molecule has 0 radical (unpaired) electrons. The van der Waals surface area contributed by atoms with E-state index in [9.17, 15) is 0 Å². The average Bonchev–Trinajstić information content (AvgIpc) is 3.12. The molecule has 1 saturated heterocycles. The van der Waals surface area contributed by atoms with Crippen LogP contribution in [0.25, 0.3) is 0 Å². The fourth-order valence-corrected chi connectivity index (χ4v) is 3.23. The molecule has 2 rings (SSSR count). The first kappa shape index (κ1) is 19.7. The number of hydrogen-bond acceptors (Lipinski definition) is 3. The summed E-state index contributed by atoms with van der Waals surface area (Å²) in [4.78, 5) is 9.04. The Morgan fingerprint density at radius 1 is 1.32 bits per heavy atom. The van der Waals surface area contributed by atoms with E-state index >= 15 is 0 Å². The van der Waals surface area contributed by atoms with Gasteiger partial charge in [-0.15, -0.1) is 0 Å². The number of rotatable bonds is 8. The van der Waals surface area contributed by atoms with Gasteiger partial charge in [-0.1, -0.05) is 30.3 Å². The Kier molecular flexibility index (Phi) is 8.22. The molecule has 1 aliphatic heterocycles. The summed E-state index contributed by atoms with van der Waals surface area (Å²) >= 11 is 0. The van der Waals surface area contributed by atoms with Crippen molar-refractivity contribution in [2.24, 2.45) is 10.9 Å². The van der Waals surface area contributed by atoms with E-state index in [0.717, 1.165) is 51.6 Å². The maximum atomic E-state index is 5.47. The summed E-state index contributed by atoms with van der Waals surface area (Å²) in [7, 11) is 6.16. The van der Waals surface area contributed by atoms with Gasteiger partial charge in [-0.25, -0.2) is 0 Å². The second-order valence-corrected chi connectivity index (χ2v) is 7.12. The third kappa shape index (κ3) is 6.67. The molecule has 0 spiro atoms. The van der Waals surface area contributed by atoms with E-state index in [1.807, 2.05) is 7.05 Å². The molecule has 2 unspecified atom stereocenters. The van der Waals surface area contributed by atoms with Crippen molar-refractivity contribution in [2.45, 2.75) is 32.4 Å². The summed E-state index contributed by atoms with van der Waals surface area (Å²) in [6, 6.07) is 11.2. The number of benzene rings is 1. The molecule has 0 aliphatic carbocycles. The monoisotopic (exact) mass is 346 g/mol. The number of nitrogens with one attached hydrogen (secondary N) is 1. The van der Waals surface area contributed by atoms with Crippen LogP contribution in [0.15, 0.2) is 35.3 Å². The summed E-state index contributed by atoms with van der Waals surface area (Å²) in [6.07, 6.45) is 2.24. The minimum absolute atomic E-state index is 0.513. The Morgan fingerprint density at radius 2 is 2.08 bits per heavy atom. The zero-order valence-corrected chi connectivity index (χ0v) is 16.2. The molecule has 0 saturated carbocycles. The van der Waals surface area contributed by atoms with Crippen LogP contribution < -0.4 is 5.32 Å². The topological polar surface area (TPSA) is 40.1 Å². The molecule has 0 amide bonds. The summed E-state index contributed by atoms with van der Waals surface area (Å²) in [5, 5.41) is 3.50. The number of aliphatic imine (C=N–C) groups is 1. The van der Waals surface area contributed by atoms with Crippen LogP contribution in [-0.4, -0.2) is 69.2 Å². The van der Waals surface area contributed by atoms with Crippen LogP contribution >= 0.6 is 0 Å². The molecule has 1 aliphatic rings. The molecule has 1 N–H and O–H groups in total. The summed E-state index contributed by atoms with van der Waals surface area (Å²) < 4.78 is 5.47. The molecular weight excluding hydrogens is 312 g/mol. The van der Waals surface area contributed by atoms with E-state index in [4.69, 9.17) is 4.74 Å². The first-order valence-electron chi connectivity index (χ1n) is 9.33. The molecule has 1 heterocycles. The molecule has 140 valence electrons. The maximum Gasteiger partial charge on any atom is 0.193 e. The first-order chi connectivity index (χ1) is 12.1. The second kappa shape index (κ2) is 10.4. The van der Waals surface area contributed by atoms with Crippen LogP contribution in [0.4, 0.5) is 0 Å². The van der Waals surface area contributed by atoms with Crippen LogP contribution in [0.1, 0.15) is 25.3 Å². The lowest BCUT2D eigenvalue weighted by atomic mass is 10.1. The number of guanidine groups is 1. The van der Waals surface area contributed by atoms with Gasteiger partial charge in [0.2, 0.25) is 0 Å². The van der Waals surface area contributed by atoms with E-state index in [1.54, 1.807) is 0 Å². The maximum absolute atomic E-state index is 5.47. The molecule has 1 aromatic rings. The Morgan fingerprint density at radius 3 is 2.72 bits per heavy atom. The molecule has 0 aromatic heterocycles. The normalized spacial score (nSPS) is 19.2. The lowest BCUT2D eigenvalue weighted by molar-refractivity contribution is 0.181. The number of hydrogen-bond donors (Lipinski definition) is 1. The predicted octanol–water partition coefficient (Wildman–Crippen LogP) is 2.44. The lowest BCUT2D eigenvalue weighted by Crippen LogP contribution is -2.43. The van der Waals surface area contributed by atoms with Crippen LogP contribution in [0, 0.1) is 5.92 Å². The Bertz CT molecular complexity index is 514. The van der Waals surface area contributed by atoms with Crippen molar-refractivity contribution in [3.05, 3.63) is 35.9 Å². The molecule has 5 heteroatoms. The van der Waals surface area contributed by atoms with E-state index < -0.39 is 0 Å². The third-order valence-electron chi connectivity index (χ3n) is 5.00. The van der Waals surface area contributed by atoms with Crippen molar-refractivity contribution < 1.29 is 4.74 Å². The van der Waals surface area contributed by atoms with Gasteiger partial charge in [-0.3, -0.25) is 9.89 Å². The van der Waals surface area contributed by atoms with Crippen molar-refractivity contribution >= 4 is 5.96 Å². The van der Waals surface area contributed by atoms with Crippen molar-refractivity contribution in [3.8, 4) is 0 Å². The standard InChI is InChI=1S/C20H34N4O/c1-17(23(3)14-18-8-6-5-7-9-18)10-12-22-20(21-2)24(4)15-19-11-13-25-16-19/h5-9,17,19H,10-16H2,1-4H3,(H,21,22). The van der Waals surface area contributed by atoms with Crippen LogP contribution in [0.2, 0.25) is 0 Å². The van der Waals surface area contributed by atoms with Gasteiger partial charge in [0.1, 0.15) is 0 Å². The molecule has 1 aromatic carbocycles. The SMILES string of the molecule is CN=C(NCCC(C)N(C)Cc1ccccc1)N(C)CC1CCOC1. The van der Waals surface area contributed by atoms with Gasteiger partial charge in [0.15, 0.2) is 5.96 Å². The minimum atomic E-state index is 0.513. The van der Waals surface area contributed by atoms with Gasteiger partial charge >= 0.3 is 0 Å². The number of ether oxygens (including phenoxy) is 1. The predicted molar refractivity (Wildman–Crippen MR) is 105 cm³/mol. The largest absolute Gasteiger partial charge is 0.381 e. The van der Waals surface area contributed by atoms with Gasteiger partial charge in [0.25, 0.3) is 0 Å². The van der Waals surface area contributed by atoms with E-state index in [-0.39, 0.29) is 0 Å². The summed E-state index contributed by atoms with van der Waals surface area (Å²) in [5.74, 6) is 1.60. The smallest absolute Gasteiger partial charge is 0.193 e. The van der Waals surface area contributed by atoms with Crippen molar-refractivity contribution in [3.63, 3.8) is 0 Å². The summed E-state index contributed by atoms with van der Waals surface area (Å²) in [6.45, 7) is 6.98. The Labute approximate surface area is 153 Å². The quantitative estimate of drug-likeness (QED) is 0.580. The molecule has 1 fully saturated rings. The zero-order valence-electron chi connectivity index (χ0n) is 16.2. The highest BCUT2D eigenvalue weighted by Crippen LogP contribution is 2.13. The molecule has 0 bridgehead atoms. The molecule has 2 atom stereocenters. The van der Waals surface area contributed by atoms with Gasteiger partial charge in [0.05, 0.1) is 6.61 Å². The lowest BCUT2D eigenvalue weighted by Gasteiger charge is -2.27. The second-order valence-electron chi connectivity index (χ2n) is 7.12. The average molecular weight is 347 g/mol. The highest BCUT2D eigenvalue weighted by molar-refractivity contribution is 5.79. The fraction of sp³-hybridized carbons (Fsp3) is 0.650. The van der Waals surface area contributed by atoms with Gasteiger partial charge in [-0.2, -0.15) is 0 Å². The van der Waals surface area contributed by atoms with Crippen molar-refractivity contribution in [1.29, 1.82) is 0 Å². The Hall–Kier alpha value is -1.59. The van der Waals surface area contributed by atoms with E-state index in [2.05, 4.69) is 71.5 Å². The summed E-state index contributed by atoms with van der Waals surface area (Å²) in [5.41, 5.74) is 1.36. The Balaban J connectivity index is 1.70. The molecule has 25 heavy (non-hydrogen) atoms. The zero-order chi connectivity index (χ0) is 18.1. The molecular formula is C20H34N4O. The first-order valence-corrected chi connectivity index (χ1v) is 9.33. The number of nitrogens with zero attached hydrogens (tertiary/aromatic N) is 3. The van der Waals surface area contributed by atoms with Crippen molar-refractivity contribution in [2.75, 3.05) is 47.4 Å². The van der Waals surface area contributed by atoms with Crippen molar-refractivity contribution in [1.82, 2.24) is 15.1 Å². The van der Waals surface area contributed by atoms with Crippen LogP contribution in [0.3, 0.4) is 0 Å². The van der Waals surface area contributed by atoms with Gasteiger partial charge < -0.3 is 15.0 Å². The third-order valence-corrected chi connectivity index (χ3v) is 5.00. The van der Waals surface area contributed by atoms with Crippen LogP contribution in [0.5, 0.6) is 0 Å². The minimum Gasteiger partial charge on any atom is -0.381 e. The van der Waals surface area contributed by atoms with E-state index in [0.29, 0.717) is 12.0 Å². The fourth-order valence-electron chi connectivity index (χ4n) is 3.23. The van der Waals surface area contributed by atoms with Gasteiger partial charge in [0, 0.05) is 52.3 Å². The highest BCUT2D eigenvalue weighted by atomic mass is 16.5. The highest BCUT2D eigenvalue weighted by Gasteiger charge is 2.19. The molecule has 5 nitrogen and oxygen atoms in total. The van der Waals surface area contributed by atoms with Gasteiger partial charge in [-0.05, 0) is 32.4 Å².